The summed E-state index contributed by atoms with van der Waals surface area (Å²) in [5.74, 6) is 2.31. The minimum absolute atomic E-state index is 0.524. The molecule has 0 amide bonds. The molecule has 0 saturated carbocycles. The zero-order valence-electron chi connectivity index (χ0n) is 12.1. The van der Waals surface area contributed by atoms with E-state index in [1.165, 1.54) is 22.3 Å². The van der Waals surface area contributed by atoms with Gasteiger partial charge in [0.2, 0.25) is 0 Å². The van der Waals surface area contributed by atoms with Crippen LogP contribution in [0.5, 0.6) is 11.5 Å². The van der Waals surface area contributed by atoms with Gasteiger partial charge in [-0.3, -0.25) is 0 Å². The maximum Gasteiger partial charge on any atom is 0.131 e. The highest BCUT2D eigenvalue weighted by Gasteiger charge is 2.21. The highest BCUT2D eigenvalue weighted by Crippen LogP contribution is 2.42. The average molecular weight is 307 g/mol. The van der Waals surface area contributed by atoms with Gasteiger partial charge in [0, 0.05) is 17.9 Å². The van der Waals surface area contributed by atoms with Crippen LogP contribution in [0.1, 0.15) is 16.7 Å². The molecule has 1 aliphatic carbocycles. The molecule has 0 unspecified atom stereocenters. The normalized spacial score (nSPS) is 11.9. The summed E-state index contributed by atoms with van der Waals surface area (Å²) in [6, 6.07) is 22.8. The molecule has 0 atom stereocenters. The molecule has 1 nitrogen and oxygen atoms in total. The van der Waals surface area contributed by atoms with Crippen molar-refractivity contribution >= 4 is 11.6 Å². The molecule has 0 spiro atoms. The Bertz CT molecular complexity index is 821. The number of ether oxygens (including phenoxy) is 1. The molecule has 22 heavy (non-hydrogen) atoms. The first-order valence-electron chi connectivity index (χ1n) is 7.38. The zero-order chi connectivity index (χ0) is 14.9. The van der Waals surface area contributed by atoms with E-state index in [0.29, 0.717) is 5.88 Å². The average Bonchev–Trinajstić information content (AvgIpc) is 2.95. The number of halogens is 1. The summed E-state index contributed by atoms with van der Waals surface area (Å²) in [6.45, 7) is 0. The Morgan fingerprint density at radius 1 is 0.818 bits per heavy atom. The second-order valence-corrected chi connectivity index (χ2v) is 5.76. The fourth-order valence-corrected chi connectivity index (χ4v) is 3.18. The summed E-state index contributed by atoms with van der Waals surface area (Å²) in [5.41, 5.74) is 6.33. The monoisotopic (exact) mass is 306 g/mol. The Balaban J connectivity index is 1.69. The third-order valence-corrected chi connectivity index (χ3v) is 4.42. The van der Waals surface area contributed by atoms with E-state index in [-0.39, 0.29) is 0 Å². The third-order valence-electron chi connectivity index (χ3n) is 4.11. The molecule has 0 aromatic heterocycles. The number of alkyl halides is 1. The van der Waals surface area contributed by atoms with Crippen LogP contribution < -0.4 is 4.74 Å². The SMILES string of the molecule is ClCc1ccc(Oc2cccc3c2Cc2ccccc2-3)cc1. The number of fused-ring (bicyclic) bond motifs is 3. The number of benzene rings is 3. The lowest BCUT2D eigenvalue weighted by Crippen LogP contribution is -1.90. The highest BCUT2D eigenvalue weighted by atomic mass is 35.5. The van der Waals surface area contributed by atoms with Gasteiger partial charge in [-0.25, -0.2) is 0 Å². The lowest BCUT2D eigenvalue weighted by Gasteiger charge is -2.11. The lowest BCUT2D eigenvalue weighted by molar-refractivity contribution is 0.478. The Morgan fingerprint density at radius 2 is 1.59 bits per heavy atom. The minimum atomic E-state index is 0.524. The van der Waals surface area contributed by atoms with Crippen LogP contribution in [0, 0.1) is 0 Å². The second kappa shape index (κ2) is 5.51. The topological polar surface area (TPSA) is 9.23 Å². The Morgan fingerprint density at radius 3 is 2.41 bits per heavy atom. The van der Waals surface area contributed by atoms with Crippen LogP contribution in [0.3, 0.4) is 0 Å². The van der Waals surface area contributed by atoms with Gasteiger partial charge in [-0.2, -0.15) is 0 Å². The van der Waals surface area contributed by atoms with Gasteiger partial charge in [-0.1, -0.05) is 48.5 Å². The van der Waals surface area contributed by atoms with E-state index in [1.807, 2.05) is 30.3 Å². The van der Waals surface area contributed by atoms with Crippen molar-refractivity contribution in [3.63, 3.8) is 0 Å². The van der Waals surface area contributed by atoms with E-state index >= 15 is 0 Å². The molecule has 0 radical (unpaired) electrons. The molecule has 0 aliphatic heterocycles. The summed E-state index contributed by atoms with van der Waals surface area (Å²) in [5, 5.41) is 0. The maximum atomic E-state index is 6.11. The summed E-state index contributed by atoms with van der Waals surface area (Å²) in [4.78, 5) is 0. The molecule has 0 heterocycles. The van der Waals surface area contributed by atoms with Crippen LogP contribution in [-0.2, 0) is 12.3 Å². The standard InChI is InChI=1S/C20H15ClO/c21-13-14-8-10-16(11-9-14)22-20-7-3-6-18-17-5-2-1-4-15(17)12-19(18)20/h1-11H,12-13H2. The summed E-state index contributed by atoms with van der Waals surface area (Å²) >= 11 is 5.83. The molecule has 4 rings (SSSR count). The van der Waals surface area contributed by atoms with Crippen molar-refractivity contribution in [2.75, 3.05) is 0 Å². The quantitative estimate of drug-likeness (QED) is 0.435. The Kier molecular flexibility index (Phi) is 3.36. The van der Waals surface area contributed by atoms with Crippen molar-refractivity contribution in [3.8, 4) is 22.6 Å². The van der Waals surface area contributed by atoms with E-state index in [0.717, 1.165) is 23.5 Å². The van der Waals surface area contributed by atoms with Gasteiger partial charge in [0.15, 0.2) is 0 Å². The minimum Gasteiger partial charge on any atom is -0.457 e. The van der Waals surface area contributed by atoms with Crippen molar-refractivity contribution in [1.82, 2.24) is 0 Å². The maximum absolute atomic E-state index is 6.11. The molecule has 2 heteroatoms. The Hall–Kier alpha value is -2.25. The summed E-state index contributed by atoms with van der Waals surface area (Å²) in [6.07, 6.45) is 0.932. The number of hydrogen-bond donors (Lipinski definition) is 0. The van der Waals surface area contributed by atoms with Gasteiger partial charge < -0.3 is 4.74 Å². The lowest BCUT2D eigenvalue weighted by atomic mass is 10.1. The zero-order valence-corrected chi connectivity index (χ0v) is 12.8. The van der Waals surface area contributed by atoms with Crippen LogP contribution in [0.15, 0.2) is 66.7 Å². The second-order valence-electron chi connectivity index (χ2n) is 5.50. The molecule has 3 aromatic rings. The molecule has 0 bridgehead atoms. The molecule has 0 saturated heterocycles. The van der Waals surface area contributed by atoms with E-state index in [9.17, 15) is 0 Å². The van der Waals surface area contributed by atoms with Gasteiger partial charge in [-0.05, 0) is 40.5 Å². The number of rotatable bonds is 3. The highest BCUT2D eigenvalue weighted by molar-refractivity contribution is 6.17. The van der Waals surface area contributed by atoms with E-state index in [4.69, 9.17) is 16.3 Å². The van der Waals surface area contributed by atoms with Crippen LogP contribution in [0.2, 0.25) is 0 Å². The van der Waals surface area contributed by atoms with Crippen LogP contribution >= 0.6 is 11.6 Å². The van der Waals surface area contributed by atoms with E-state index in [2.05, 4.69) is 36.4 Å². The molecular formula is C20H15ClO. The van der Waals surface area contributed by atoms with Crippen molar-refractivity contribution in [2.24, 2.45) is 0 Å². The number of hydrogen-bond acceptors (Lipinski definition) is 1. The summed E-state index contributed by atoms with van der Waals surface area (Å²) < 4.78 is 6.11. The fourth-order valence-electron chi connectivity index (χ4n) is 3.00. The van der Waals surface area contributed by atoms with E-state index in [1.54, 1.807) is 0 Å². The predicted octanol–water partition coefficient (Wildman–Crippen LogP) is 5.79. The smallest absolute Gasteiger partial charge is 0.131 e. The van der Waals surface area contributed by atoms with Gasteiger partial charge in [-0.15, -0.1) is 11.6 Å². The summed E-state index contributed by atoms with van der Waals surface area (Å²) in [7, 11) is 0. The van der Waals surface area contributed by atoms with Crippen molar-refractivity contribution in [3.05, 3.63) is 83.4 Å². The predicted molar refractivity (Wildman–Crippen MR) is 90.8 cm³/mol. The first-order valence-corrected chi connectivity index (χ1v) is 7.91. The van der Waals surface area contributed by atoms with E-state index < -0.39 is 0 Å². The van der Waals surface area contributed by atoms with Crippen molar-refractivity contribution < 1.29 is 4.74 Å². The molecule has 1 aliphatic rings. The molecule has 3 aromatic carbocycles. The first kappa shape index (κ1) is 13.4. The van der Waals surface area contributed by atoms with Crippen LogP contribution in [0.25, 0.3) is 11.1 Å². The van der Waals surface area contributed by atoms with Crippen molar-refractivity contribution in [2.45, 2.75) is 12.3 Å². The van der Waals surface area contributed by atoms with Gasteiger partial charge in [0.05, 0.1) is 0 Å². The molecular weight excluding hydrogens is 292 g/mol. The van der Waals surface area contributed by atoms with Crippen molar-refractivity contribution in [1.29, 1.82) is 0 Å². The van der Waals surface area contributed by atoms with Gasteiger partial charge in [0.1, 0.15) is 11.5 Å². The van der Waals surface area contributed by atoms with Crippen LogP contribution in [-0.4, -0.2) is 0 Å². The molecule has 0 N–H and O–H groups in total. The van der Waals surface area contributed by atoms with Gasteiger partial charge >= 0.3 is 0 Å². The third kappa shape index (κ3) is 2.28. The molecule has 0 fully saturated rings. The largest absolute Gasteiger partial charge is 0.457 e. The fraction of sp³-hybridized carbons (Fsp3) is 0.100. The van der Waals surface area contributed by atoms with Gasteiger partial charge in [0.25, 0.3) is 0 Å². The van der Waals surface area contributed by atoms with Crippen LogP contribution in [0.4, 0.5) is 0 Å². The Labute approximate surface area is 135 Å². The first-order chi connectivity index (χ1) is 10.8. The molecule has 108 valence electrons.